The highest BCUT2D eigenvalue weighted by molar-refractivity contribution is 5.01. The van der Waals surface area contributed by atoms with Gasteiger partial charge in [-0.25, -0.2) is 8.78 Å². The third-order valence-electron chi connectivity index (χ3n) is 3.38. The van der Waals surface area contributed by atoms with Crippen LogP contribution in [0.1, 0.15) is 69.1 Å². The van der Waals surface area contributed by atoms with E-state index in [1.165, 1.54) is 0 Å². The van der Waals surface area contributed by atoms with Crippen molar-refractivity contribution in [3.05, 3.63) is 11.7 Å². The zero-order valence-electron chi connectivity index (χ0n) is 10.5. The molecule has 2 atom stereocenters. The maximum absolute atomic E-state index is 13.3. The molecule has 0 spiro atoms. The molecule has 1 saturated carbocycles. The van der Waals surface area contributed by atoms with E-state index in [1.54, 1.807) is 0 Å². The largest absolute Gasteiger partial charge is 0.338 e. The molecule has 0 radical (unpaired) electrons. The van der Waals surface area contributed by atoms with E-state index in [1.807, 2.05) is 6.92 Å². The van der Waals surface area contributed by atoms with Gasteiger partial charge in [0.1, 0.15) is 0 Å². The lowest BCUT2D eigenvalue weighted by molar-refractivity contribution is -0.0418. The Kier molecular flexibility index (Phi) is 3.94. The normalized spacial score (nSPS) is 25.0. The monoisotopic (exact) mass is 259 g/mol. The van der Waals surface area contributed by atoms with Crippen molar-refractivity contribution in [2.24, 2.45) is 5.73 Å². The van der Waals surface area contributed by atoms with Gasteiger partial charge in [-0.15, -0.1) is 0 Å². The molecular formula is C12H19F2N3O. The van der Waals surface area contributed by atoms with E-state index in [0.717, 1.165) is 12.8 Å². The van der Waals surface area contributed by atoms with Gasteiger partial charge in [-0.2, -0.15) is 4.98 Å². The van der Waals surface area contributed by atoms with Crippen LogP contribution in [0, 0.1) is 0 Å². The SMILES string of the molecule is CCC[C@H](N)c1nc(C2CCCC(F)(F)C2)no1. The van der Waals surface area contributed by atoms with Gasteiger partial charge in [0.05, 0.1) is 6.04 Å². The Bertz CT molecular complexity index is 394. The maximum atomic E-state index is 13.3. The third-order valence-corrected chi connectivity index (χ3v) is 3.38. The molecule has 4 nitrogen and oxygen atoms in total. The summed E-state index contributed by atoms with van der Waals surface area (Å²) < 4.78 is 31.7. The van der Waals surface area contributed by atoms with Crippen molar-refractivity contribution in [2.45, 2.75) is 63.3 Å². The molecule has 0 aliphatic heterocycles. The highest BCUT2D eigenvalue weighted by atomic mass is 19.3. The van der Waals surface area contributed by atoms with Crippen molar-refractivity contribution in [3.63, 3.8) is 0 Å². The lowest BCUT2D eigenvalue weighted by atomic mass is 9.86. The number of nitrogens with zero attached hydrogens (tertiary/aromatic N) is 2. The summed E-state index contributed by atoms with van der Waals surface area (Å²) in [6.07, 6.45) is 2.64. The number of alkyl halides is 2. The number of hydrogen-bond acceptors (Lipinski definition) is 4. The minimum absolute atomic E-state index is 0.0381. The van der Waals surface area contributed by atoms with Gasteiger partial charge < -0.3 is 10.3 Å². The van der Waals surface area contributed by atoms with Gasteiger partial charge in [-0.3, -0.25) is 0 Å². The Labute approximate surface area is 105 Å². The van der Waals surface area contributed by atoms with Gasteiger partial charge in [-0.05, 0) is 19.3 Å². The van der Waals surface area contributed by atoms with E-state index in [-0.39, 0.29) is 24.8 Å². The Hall–Kier alpha value is -1.04. The summed E-state index contributed by atoms with van der Waals surface area (Å²) in [5.41, 5.74) is 5.86. The molecular weight excluding hydrogens is 240 g/mol. The summed E-state index contributed by atoms with van der Waals surface area (Å²) in [6, 6.07) is -0.291. The highest BCUT2D eigenvalue weighted by Gasteiger charge is 2.38. The summed E-state index contributed by atoms with van der Waals surface area (Å²) in [5, 5.41) is 3.81. The zero-order chi connectivity index (χ0) is 13.2. The molecule has 1 heterocycles. The van der Waals surface area contributed by atoms with Crippen LogP contribution in [0.4, 0.5) is 8.78 Å². The second kappa shape index (κ2) is 5.30. The second-order valence-electron chi connectivity index (χ2n) is 5.04. The van der Waals surface area contributed by atoms with Gasteiger partial charge in [-0.1, -0.05) is 18.5 Å². The second-order valence-corrected chi connectivity index (χ2v) is 5.04. The molecule has 2 rings (SSSR count). The molecule has 1 aliphatic rings. The van der Waals surface area contributed by atoms with E-state index >= 15 is 0 Å². The van der Waals surface area contributed by atoms with E-state index in [2.05, 4.69) is 10.1 Å². The third kappa shape index (κ3) is 3.04. The molecule has 0 saturated heterocycles. The summed E-state index contributed by atoms with van der Waals surface area (Å²) in [5.74, 6) is -2.16. The minimum Gasteiger partial charge on any atom is -0.338 e. The molecule has 1 aromatic rings. The van der Waals surface area contributed by atoms with Crippen LogP contribution in [0.5, 0.6) is 0 Å². The molecule has 1 aromatic heterocycles. The van der Waals surface area contributed by atoms with Crippen LogP contribution in [0.15, 0.2) is 4.52 Å². The average Bonchev–Trinajstić information content (AvgIpc) is 2.77. The van der Waals surface area contributed by atoms with Gasteiger partial charge in [0, 0.05) is 18.8 Å². The van der Waals surface area contributed by atoms with Crippen molar-refractivity contribution in [2.75, 3.05) is 0 Å². The molecule has 2 N–H and O–H groups in total. The van der Waals surface area contributed by atoms with Crippen molar-refractivity contribution in [1.29, 1.82) is 0 Å². The predicted molar refractivity (Wildman–Crippen MR) is 62.3 cm³/mol. The summed E-state index contributed by atoms with van der Waals surface area (Å²) >= 11 is 0. The number of aromatic nitrogens is 2. The summed E-state index contributed by atoms with van der Waals surface area (Å²) in [4.78, 5) is 4.18. The van der Waals surface area contributed by atoms with Gasteiger partial charge >= 0.3 is 0 Å². The van der Waals surface area contributed by atoms with Crippen LogP contribution in [0.3, 0.4) is 0 Å². The van der Waals surface area contributed by atoms with Crippen LogP contribution in [0.2, 0.25) is 0 Å². The molecule has 18 heavy (non-hydrogen) atoms. The van der Waals surface area contributed by atoms with Crippen LogP contribution >= 0.6 is 0 Å². The smallest absolute Gasteiger partial charge is 0.248 e. The van der Waals surface area contributed by atoms with E-state index in [9.17, 15) is 8.78 Å². The Morgan fingerprint density at radius 2 is 2.33 bits per heavy atom. The van der Waals surface area contributed by atoms with Gasteiger partial charge in [0.2, 0.25) is 11.8 Å². The average molecular weight is 259 g/mol. The van der Waals surface area contributed by atoms with E-state index in [0.29, 0.717) is 24.6 Å². The quantitative estimate of drug-likeness (QED) is 0.902. The van der Waals surface area contributed by atoms with E-state index < -0.39 is 5.92 Å². The number of hydrogen-bond donors (Lipinski definition) is 1. The standard InChI is InChI=1S/C12H19F2N3O/c1-2-4-9(15)11-16-10(17-18-11)8-5-3-6-12(13,14)7-8/h8-9H,2-7,15H2,1H3/t8?,9-/m0/s1. The van der Waals surface area contributed by atoms with Crippen molar-refractivity contribution in [1.82, 2.24) is 10.1 Å². The predicted octanol–water partition coefficient (Wildman–Crippen LogP) is 3.16. The number of rotatable bonds is 4. The number of nitrogens with two attached hydrogens (primary N) is 1. The Morgan fingerprint density at radius 1 is 1.56 bits per heavy atom. The Morgan fingerprint density at radius 3 is 3.00 bits per heavy atom. The first kappa shape index (κ1) is 13.4. The fourth-order valence-electron chi connectivity index (χ4n) is 2.39. The lowest BCUT2D eigenvalue weighted by Gasteiger charge is -2.26. The zero-order valence-corrected chi connectivity index (χ0v) is 10.5. The molecule has 0 aromatic carbocycles. The fraction of sp³-hybridized carbons (Fsp3) is 0.833. The van der Waals surface area contributed by atoms with Gasteiger partial charge in [0.15, 0.2) is 5.82 Å². The van der Waals surface area contributed by atoms with Crippen LogP contribution in [-0.4, -0.2) is 16.1 Å². The highest BCUT2D eigenvalue weighted by Crippen LogP contribution is 2.40. The molecule has 1 fully saturated rings. The minimum atomic E-state index is -2.60. The first-order chi connectivity index (χ1) is 8.52. The molecule has 1 unspecified atom stereocenters. The summed E-state index contributed by atoms with van der Waals surface area (Å²) in [6.45, 7) is 2.01. The lowest BCUT2D eigenvalue weighted by Crippen LogP contribution is -2.25. The molecule has 0 bridgehead atoms. The molecule has 6 heteroatoms. The molecule has 1 aliphatic carbocycles. The molecule has 0 amide bonds. The van der Waals surface area contributed by atoms with Crippen LogP contribution < -0.4 is 5.73 Å². The first-order valence-corrected chi connectivity index (χ1v) is 6.49. The van der Waals surface area contributed by atoms with Crippen molar-refractivity contribution < 1.29 is 13.3 Å². The number of halogens is 2. The summed E-state index contributed by atoms with van der Waals surface area (Å²) in [7, 11) is 0. The van der Waals surface area contributed by atoms with Gasteiger partial charge in [0.25, 0.3) is 0 Å². The van der Waals surface area contributed by atoms with E-state index in [4.69, 9.17) is 10.3 Å². The van der Waals surface area contributed by atoms with Crippen LogP contribution in [0.25, 0.3) is 0 Å². The van der Waals surface area contributed by atoms with Crippen molar-refractivity contribution in [3.8, 4) is 0 Å². The maximum Gasteiger partial charge on any atom is 0.248 e. The van der Waals surface area contributed by atoms with Crippen LogP contribution in [-0.2, 0) is 0 Å². The first-order valence-electron chi connectivity index (χ1n) is 6.49. The Balaban J connectivity index is 2.05. The van der Waals surface area contributed by atoms with Crippen molar-refractivity contribution >= 4 is 0 Å². The topological polar surface area (TPSA) is 64.9 Å². The molecule has 102 valence electrons. The fourth-order valence-corrected chi connectivity index (χ4v) is 2.39.